The maximum absolute atomic E-state index is 12.3. The van der Waals surface area contributed by atoms with Crippen LogP contribution in [-0.4, -0.2) is 79.4 Å². The molecule has 5 fully saturated rings. The van der Waals surface area contributed by atoms with E-state index in [-0.39, 0.29) is 29.1 Å². The summed E-state index contributed by atoms with van der Waals surface area (Å²) in [6.07, 6.45) is 8.95. The van der Waals surface area contributed by atoms with Gasteiger partial charge < -0.3 is 25.0 Å². The molecule has 0 spiro atoms. The van der Waals surface area contributed by atoms with Gasteiger partial charge in [0.2, 0.25) is 0 Å². The average molecular weight is 549 g/mol. The summed E-state index contributed by atoms with van der Waals surface area (Å²) in [6.45, 7) is 14.9. The first-order valence-corrected chi connectivity index (χ1v) is 16.3. The number of fused-ring (bicyclic) bond motifs is 5. The summed E-state index contributed by atoms with van der Waals surface area (Å²) >= 11 is 0. The second-order valence-electron chi connectivity index (χ2n) is 14.4. The first-order chi connectivity index (χ1) is 18.7. The van der Waals surface area contributed by atoms with Crippen LogP contribution in [0.1, 0.15) is 85.5 Å². The van der Waals surface area contributed by atoms with Crippen LogP contribution in [0.15, 0.2) is 0 Å². The van der Waals surface area contributed by atoms with Crippen molar-refractivity contribution in [3.8, 4) is 0 Å². The molecule has 4 aliphatic carbocycles. The summed E-state index contributed by atoms with van der Waals surface area (Å²) in [6, 6.07) is 0. The third-order valence-corrected chi connectivity index (χ3v) is 12.8. The molecule has 39 heavy (non-hydrogen) atoms. The zero-order valence-corrected chi connectivity index (χ0v) is 25.1. The normalized spacial score (nSPS) is 45.1. The van der Waals surface area contributed by atoms with Gasteiger partial charge in [0.15, 0.2) is 0 Å². The second kappa shape index (κ2) is 12.1. The predicted octanol–water partition coefficient (Wildman–Crippen LogP) is 4.70. The molecule has 0 bridgehead atoms. The van der Waals surface area contributed by atoms with E-state index in [0.717, 1.165) is 65.0 Å². The van der Waals surface area contributed by atoms with Crippen LogP contribution < -0.4 is 5.32 Å². The number of rotatable bonds is 8. The van der Waals surface area contributed by atoms with Crippen molar-refractivity contribution in [2.24, 2.45) is 52.3 Å². The summed E-state index contributed by atoms with van der Waals surface area (Å²) < 4.78 is 11.0. The van der Waals surface area contributed by atoms with Gasteiger partial charge in [0.05, 0.1) is 32.0 Å². The Kier molecular flexibility index (Phi) is 9.22. The van der Waals surface area contributed by atoms with Gasteiger partial charge in [0.1, 0.15) is 0 Å². The van der Waals surface area contributed by atoms with E-state index in [1.165, 1.54) is 25.7 Å². The standard InChI is InChI=1S/C32H56N2O5/c1-5-23-27-20-22(35)8-11-32(27,4)26-9-12-31(3)24(6-7-25(31)28(26)29(23)36)21(2)10-17-39-30(37)33-13-14-34-15-18-38-19-16-34/h21-29,35-36H,5-20H2,1-4H3,(H,33,37)/t21-,22-,23-,24-,25+,26+,27+,28+,29-,31-,32-/m1/s1. The Hall–Kier alpha value is -0.890. The molecular weight excluding hydrogens is 492 g/mol. The van der Waals surface area contributed by atoms with Crippen LogP contribution in [0.4, 0.5) is 4.79 Å². The van der Waals surface area contributed by atoms with Crippen molar-refractivity contribution >= 4 is 6.09 Å². The van der Waals surface area contributed by atoms with Gasteiger partial charge >= 0.3 is 6.09 Å². The van der Waals surface area contributed by atoms with Gasteiger partial charge in [0, 0.05) is 26.2 Å². The number of aliphatic hydroxyl groups excluding tert-OH is 2. The summed E-state index contributed by atoms with van der Waals surface area (Å²) in [4.78, 5) is 14.6. The Bertz CT molecular complexity index is 835. The third-order valence-electron chi connectivity index (χ3n) is 12.8. The molecule has 5 rings (SSSR count). The lowest BCUT2D eigenvalue weighted by atomic mass is 9.41. The number of alkyl carbamates (subject to hydrolysis) is 1. The Morgan fingerprint density at radius 2 is 1.77 bits per heavy atom. The lowest BCUT2D eigenvalue weighted by molar-refractivity contribution is -0.203. The minimum absolute atomic E-state index is 0.194. The van der Waals surface area contributed by atoms with Crippen molar-refractivity contribution in [3.63, 3.8) is 0 Å². The Balaban J connectivity index is 1.16. The molecule has 11 atom stereocenters. The lowest BCUT2D eigenvalue weighted by Gasteiger charge is -2.64. The number of amides is 1. The monoisotopic (exact) mass is 548 g/mol. The molecule has 1 aliphatic heterocycles. The minimum atomic E-state index is -0.303. The van der Waals surface area contributed by atoms with E-state index in [1.54, 1.807) is 0 Å². The molecule has 0 unspecified atom stereocenters. The quantitative estimate of drug-likeness (QED) is 0.407. The molecule has 0 aromatic rings. The van der Waals surface area contributed by atoms with Crippen LogP contribution in [0.5, 0.6) is 0 Å². The first kappa shape index (κ1) is 29.6. The molecule has 7 heteroatoms. The molecule has 224 valence electrons. The molecule has 1 saturated heterocycles. The van der Waals surface area contributed by atoms with Crippen molar-refractivity contribution in [2.75, 3.05) is 46.0 Å². The third kappa shape index (κ3) is 5.63. The first-order valence-electron chi connectivity index (χ1n) is 16.3. The number of morpholine rings is 1. The molecule has 7 nitrogen and oxygen atoms in total. The lowest BCUT2D eigenvalue weighted by Crippen LogP contribution is -2.62. The van der Waals surface area contributed by atoms with E-state index < -0.39 is 0 Å². The Labute approximate surface area is 236 Å². The molecule has 0 radical (unpaired) electrons. The van der Waals surface area contributed by atoms with Gasteiger partial charge in [-0.1, -0.05) is 34.1 Å². The van der Waals surface area contributed by atoms with Crippen molar-refractivity contribution < 1.29 is 24.5 Å². The molecule has 0 aromatic heterocycles. The number of hydrogen-bond acceptors (Lipinski definition) is 6. The molecule has 0 aromatic carbocycles. The SMILES string of the molecule is CC[C@H]1[C@@H](O)[C@@H]2[C@H](CC[C@]3(C)[C@@H]([C@H](C)CCOC(=O)NCCN4CCOCC4)CC[C@@H]23)[C@@]2(C)CC[C@@H](O)C[C@@H]12. The second-order valence-corrected chi connectivity index (χ2v) is 14.4. The van der Waals surface area contributed by atoms with Crippen molar-refractivity contribution in [1.82, 2.24) is 10.2 Å². The van der Waals surface area contributed by atoms with Crippen LogP contribution in [-0.2, 0) is 9.47 Å². The van der Waals surface area contributed by atoms with E-state index in [4.69, 9.17) is 9.47 Å². The molecule has 4 saturated carbocycles. The predicted molar refractivity (Wildman–Crippen MR) is 152 cm³/mol. The zero-order chi connectivity index (χ0) is 27.8. The van der Waals surface area contributed by atoms with Crippen LogP contribution in [0.25, 0.3) is 0 Å². The van der Waals surface area contributed by atoms with Crippen LogP contribution in [0, 0.1) is 52.3 Å². The topological polar surface area (TPSA) is 91.3 Å². The van der Waals surface area contributed by atoms with Crippen LogP contribution >= 0.6 is 0 Å². The summed E-state index contributed by atoms with van der Waals surface area (Å²) in [5.41, 5.74) is 0.495. The Morgan fingerprint density at radius 1 is 1.05 bits per heavy atom. The fraction of sp³-hybridized carbons (Fsp3) is 0.969. The van der Waals surface area contributed by atoms with Gasteiger partial charge in [-0.2, -0.15) is 0 Å². The van der Waals surface area contributed by atoms with Crippen molar-refractivity contribution in [3.05, 3.63) is 0 Å². The Morgan fingerprint density at radius 3 is 2.51 bits per heavy atom. The van der Waals surface area contributed by atoms with Crippen molar-refractivity contribution in [1.29, 1.82) is 0 Å². The molecular formula is C32H56N2O5. The smallest absolute Gasteiger partial charge is 0.407 e. The van der Waals surface area contributed by atoms with Crippen LogP contribution in [0.2, 0.25) is 0 Å². The molecule has 1 amide bonds. The van der Waals surface area contributed by atoms with Crippen molar-refractivity contribution in [2.45, 2.75) is 97.7 Å². The number of aliphatic hydroxyl groups is 2. The number of carbonyl (C=O) groups excluding carboxylic acids is 1. The van der Waals surface area contributed by atoms with E-state index in [0.29, 0.717) is 54.6 Å². The number of nitrogens with one attached hydrogen (secondary N) is 1. The molecule has 1 heterocycles. The van der Waals surface area contributed by atoms with Gasteiger partial charge in [-0.3, -0.25) is 4.90 Å². The van der Waals surface area contributed by atoms with Crippen LogP contribution in [0.3, 0.4) is 0 Å². The van der Waals surface area contributed by atoms with E-state index in [9.17, 15) is 15.0 Å². The van der Waals surface area contributed by atoms with Gasteiger partial charge in [-0.25, -0.2) is 4.79 Å². The van der Waals surface area contributed by atoms with Gasteiger partial charge in [-0.05, 0) is 104 Å². The molecule has 3 N–H and O–H groups in total. The number of nitrogens with zero attached hydrogens (tertiary/aromatic N) is 1. The number of ether oxygens (including phenoxy) is 2. The summed E-state index contributed by atoms with van der Waals surface area (Å²) in [5, 5.41) is 25.3. The van der Waals surface area contributed by atoms with E-state index in [2.05, 4.69) is 37.9 Å². The molecule has 5 aliphatic rings. The average Bonchev–Trinajstić information content (AvgIpc) is 3.27. The fourth-order valence-electron chi connectivity index (χ4n) is 10.7. The van der Waals surface area contributed by atoms with Gasteiger partial charge in [0.25, 0.3) is 0 Å². The summed E-state index contributed by atoms with van der Waals surface area (Å²) in [5.74, 6) is 3.39. The highest BCUT2D eigenvalue weighted by atomic mass is 16.5. The maximum atomic E-state index is 12.3. The highest BCUT2D eigenvalue weighted by Gasteiger charge is 2.64. The fourth-order valence-corrected chi connectivity index (χ4v) is 10.7. The number of carbonyl (C=O) groups is 1. The number of hydrogen-bond donors (Lipinski definition) is 3. The zero-order valence-electron chi connectivity index (χ0n) is 25.1. The van der Waals surface area contributed by atoms with E-state index >= 15 is 0 Å². The summed E-state index contributed by atoms with van der Waals surface area (Å²) in [7, 11) is 0. The maximum Gasteiger partial charge on any atom is 0.407 e. The highest BCUT2D eigenvalue weighted by molar-refractivity contribution is 5.67. The highest BCUT2D eigenvalue weighted by Crippen LogP contribution is 2.69. The minimum Gasteiger partial charge on any atom is -0.450 e. The van der Waals surface area contributed by atoms with E-state index in [1.807, 2.05) is 0 Å². The largest absolute Gasteiger partial charge is 0.450 e. The van der Waals surface area contributed by atoms with Gasteiger partial charge in [-0.15, -0.1) is 0 Å².